The fraction of sp³-hybridized carbons (Fsp3) is 0.333. The van der Waals surface area contributed by atoms with Gasteiger partial charge in [-0.05, 0) is 118 Å². The Labute approximate surface area is 348 Å². The van der Waals surface area contributed by atoms with Crippen molar-refractivity contribution in [2.45, 2.75) is 100 Å². The zero-order valence-electron chi connectivity index (χ0n) is 35.4. The molecule has 2 aromatic rings. The monoisotopic (exact) mass is 783 g/mol. The van der Waals surface area contributed by atoms with Crippen LogP contribution in [0.3, 0.4) is 0 Å². The van der Waals surface area contributed by atoms with E-state index in [0.717, 1.165) is 108 Å². The molecule has 5 aliphatic heterocycles. The number of benzene rings is 2. The van der Waals surface area contributed by atoms with Gasteiger partial charge >= 0.3 is 0 Å². The molecular formula is C51H53N5O3. The number of hydrogen-bond acceptors (Lipinski definition) is 7. The summed E-state index contributed by atoms with van der Waals surface area (Å²) in [6.45, 7) is 17.6. The number of aliphatic hydroxyl groups is 1. The number of nitrogens with zero attached hydrogens (tertiary/aromatic N) is 3. The molecule has 8 heteroatoms. The van der Waals surface area contributed by atoms with Crippen LogP contribution in [-0.4, -0.2) is 34.3 Å². The summed E-state index contributed by atoms with van der Waals surface area (Å²) in [6.07, 6.45) is 8.27. The molecule has 1 amide bonds. The molecule has 3 atom stereocenters. The summed E-state index contributed by atoms with van der Waals surface area (Å²) in [5.74, 6) is 6.51. The predicted molar refractivity (Wildman–Crippen MR) is 238 cm³/mol. The van der Waals surface area contributed by atoms with Crippen molar-refractivity contribution in [2.24, 2.45) is 26.8 Å². The Morgan fingerprint density at radius 1 is 0.966 bits per heavy atom. The second kappa shape index (κ2) is 16.3. The number of aryl methyl sites for hydroxylation is 1. The molecule has 0 saturated carbocycles. The van der Waals surface area contributed by atoms with Crippen LogP contribution in [0.5, 0.6) is 0 Å². The molecule has 1 aliphatic carbocycles. The maximum Gasteiger partial charge on any atom is 0.220 e. The normalized spacial score (nSPS) is 21.2. The van der Waals surface area contributed by atoms with Gasteiger partial charge in [-0.25, -0.2) is 15.0 Å². The maximum absolute atomic E-state index is 13.4. The Morgan fingerprint density at radius 3 is 2.51 bits per heavy atom. The fourth-order valence-electron chi connectivity index (χ4n) is 9.22. The minimum Gasteiger partial charge on any atom is -0.511 e. The summed E-state index contributed by atoms with van der Waals surface area (Å²) < 4.78 is 6.62. The highest BCUT2D eigenvalue weighted by molar-refractivity contribution is 6.21. The van der Waals surface area contributed by atoms with Gasteiger partial charge in [-0.15, -0.1) is 5.92 Å². The van der Waals surface area contributed by atoms with Crippen LogP contribution in [0.2, 0.25) is 0 Å². The number of carbonyl (C=O) groups excluding carboxylic acids is 1. The summed E-state index contributed by atoms with van der Waals surface area (Å²) in [6, 6.07) is 16.4. The second-order valence-corrected chi connectivity index (χ2v) is 16.4. The number of amides is 1. The third-order valence-electron chi connectivity index (χ3n) is 12.5. The van der Waals surface area contributed by atoms with E-state index in [1.807, 2.05) is 38.1 Å². The Balaban J connectivity index is 1.19. The highest BCUT2D eigenvalue weighted by Gasteiger charge is 2.41. The van der Waals surface area contributed by atoms with Gasteiger partial charge in [0.25, 0.3) is 0 Å². The van der Waals surface area contributed by atoms with E-state index >= 15 is 0 Å². The number of fused-ring (bicyclic) bond motifs is 5. The number of hydrogen-bond donors (Lipinski definition) is 3. The first-order valence-electron chi connectivity index (χ1n) is 20.9. The standard InChI is InChI=1S/C51H53N5O3/c1-9-13-34-15-12-17-36(21-34)27-59-33(8)48-31(6)42-23-41-30(5)38(18-19-47(58)52-26-35-16-11-14-28(3)20-35)50(55-41)39-22-46(57)49-32(7)43(56-51(39)49)24-44-37(10-2)29(4)40(53-44)25-45(48)54-42/h11-12,14-17,20-21,23-25,30,33,38,55,57H,10,18-19,22,26-27H2,1-8H3,(H,52,58)/t30?,33?,38-/m0/s1. The quantitative estimate of drug-likeness (QED) is 0.209. The molecule has 0 radical (unpaired) electrons. The van der Waals surface area contributed by atoms with Crippen LogP contribution in [0, 0.1) is 30.6 Å². The van der Waals surface area contributed by atoms with Gasteiger partial charge in [0.15, 0.2) is 0 Å². The molecule has 0 spiro atoms. The largest absolute Gasteiger partial charge is 0.511 e. The summed E-state index contributed by atoms with van der Waals surface area (Å²) in [5, 5.41) is 18.5. The van der Waals surface area contributed by atoms with Crippen molar-refractivity contribution in [3.05, 3.63) is 162 Å². The Hall–Kier alpha value is -6.04. The number of carbonyl (C=O) groups is 1. The minimum absolute atomic E-state index is 0.00995. The molecule has 59 heavy (non-hydrogen) atoms. The van der Waals surface area contributed by atoms with Gasteiger partial charge in [0.1, 0.15) is 5.76 Å². The summed E-state index contributed by atoms with van der Waals surface area (Å²) in [4.78, 5) is 29.1. The molecule has 5 heterocycles. The number of aliphatic imine (C=N–C) groups is 3. The van der Waals surface area contributed by atoms with Crippen LogP contribution >= 0.6 is 0 Å². The Bertz CT molecular complexity index is 2600. The number of ether oxygens (including phenoxy) is 1. The molecule has 1 fully saturated rings. The van der Waals surface area contributed by atoms with Crippen LogP contribution < -0.4 is 10.6 Å². The average Bonchev–Trinajstić information content (AvgIpc) is 3.97. The van der Waals surface area contributed by atoms with E-state index in [2.05, 4.69) is 107 Å². The molecule has 6 aliphatic rings. The van der Waals surface area contributed by atoms with Crippen LogP contribution in [0.1, 0.15) is 96.4 Å². The lowest BCUT2D eigenvalue weighted by Crippen LogP contribution is -2.24. The lowest BCUT2D eigenvalue weighted by molar-refractivity contribution is -0.121. The Kier molecular flexibility index (Phi) is 11.0. The molecular weight excluding hydrogens is 731 g/mol. The number of aliphatic hydroxyl groups excluding tert-OH is 1. The first kappa shape index (κ1) is 39.8. The van der Waals surface area contributed by atoms with Gasteiger partial charge in [0, 0.05) is 64.9 Å². The van der Waals surface area contributed by atoms with E-state index in [9.17, 15) is 9.90 Å². The average molecular weight is 784 g/mol. The summed E-state index contributed by atoms with van der Waals surface area (Å²) in [5.41, 5.74) is 18.5. The maximum atomic E-state index is 13.4. The van der Waals surface area contributed by atoms with Crippen molar-refractivity contribution in [3.8, 4) is 11.8 Å². The van der Waals surface area contributed by atoms with E-state index < -0.39 is 0 Å². The lowest BCUT2D eigenvalue weighted by atomic mass is 9.86. The van der Waals surface area contributed by atoms with Gasteiger partial charge in [-0.3, -0.25) is 4.79 Å². The highest BCUT2D eigenvalue weighted by Crippen LogP contribution is 2.46. The van der Waals surface area contributed by atoms with Crippen LogP contribution in [0.25, 0.3) is 0 Å². The zero-order chi connectivity index (χ0) is 41.5. The number of rotatable bonds is 10. The Morgan fingerprint density at radius 2 is 1.73 bits per heavy atom. The van der Waals surface area contributed by atoms with E-state index in [4.69, 9.17) is 19.7 Å². The second-order valence-electron chi connectivity index (χ2n) is 16.4. The minimum atomic E-state index is -0.266. The summed E-state index contributed by atoms with van der Waals surface area (Å²) >= 11 is 0. The van der Waals surface area contributed by atoms with Crippen molar-refractivity contribution < 1.29 is 14.6 Å². The zero-order valence-corrected chi connectivity index (χ0v) is 35.4. The fourth-order valence-corrected chi connectivity index (χ4v) is 9.22. The predicted octanol–water partition coefficient (Wildman–Crippen LogP) is 10.0. The third-order valence-corrected chi connectivity index (χ3v) is 12.5. The molecule has 2 unspecified atom stereocenters. The van der Waals surface area contributed by atoms with Crippen LogP contribution in [0.15, 0.2) is 155 Å². The van der Waals surface area contributed by atoms with Gasteiger partial charge in [0.05, 0.1) is 46.9 Å². The van der Waals surface area contributed by atoms with Crippen molar-refractivity contribution >= 4 is 23.0 Å². The van der Waals surface area contributed by atoms with Crippen molar-refractivity contribution in [1.29, 1.82) is 0 Å². The van der Waals surface area contributed by atoms with Crippen molar-refractivity contribution in [2.75, 3.05) is 0 Å². The first-order valence-corrected chi connectivity index (χ1v) is 20.9. The third kappa shape index (κ3) is 7.68. The first-order chi connectivity index (χ1) is 28.4. The van der Waals surface area contributed by atoms with E-state index in [-0.39, 0.29) is 23.8 Å². The molecule has 8 nitrogen and oxygen atoms in total. The lowest BCUT2D eigenvalue weighted by Gasteiger charge is -2.18. The van der Waals surface area contributed by atoms with Crippen molar-refractivity contribution in [1.82, 2.24) is 10.6 Å². The molecule has 8 rings (SSSR count). The van der Waals surface area contributed by atoms with Gasteiger partial charge < -0.3 is 20.5 Å². The van der Waals surface area contributed by atoms with Gasteiger partial charge in [0.2, 0.25) is 5.91 Å². The number of nitrogens with one attached hydrogen (secondary N) is 2. The van der Waals surface area contributed by atoms with E-state index in [1.54, 1.807) is 0 Å². The molecule has 2 aromatic carbocycles. The highest BCUT2D eigenvalue weighted by atomic mass is 16.5. The van der Waals surface area contributed by atoms with E-state index in [1.165, 1.54) is 5.56 Å². The van der Waals surface area contributed by atoms with Gasteiger partial charge in [-0.1, -0.05) is 61.7 Å². The summed E-state index contributed by atoms with van der Waals surface area (Å²) in [7, 11) is 0. The van der Waals surface area contributed by atoms with Crippen LogP contribution in [-0.2, 0) is 22.7 Å². The topological polar surface area (TPSA) is 108 Å². The smallest absolute Gasteiger partial charge is 0.220 e. The van der Waals surface area contributed by atoms with Gasteiger partial charge in [-0.2, -0.15) is 0 Å². The van der Waals surface area contributed by atoms with E-state index in [0.29, 0.717) is 38.2 Å². The SMILES string of the molecule is CC#Cc1cccc(COC(C)C2=C(C)C3=NC2=CC2=NC(=CC4=C(C)C5=C(O)CC(=C6NC(=C3)C(C)[C@@H]6CCC(=O)NCc3cccc(C)c3)C5=N4)C(CC)=C2C)c1. The van der Waals surface area contributed by atoms with Crippen molar-refractivity contribution in [3.63, 3.8) is 0 Å². The molecule has 1 saturated heterocycles. The van der Waals surface area contributed by atoms with Crippen LogP contribution in [0.4, 0.5) is 0 Å². The molecule has 0 aromatic heterocycles. The molecule has 3 N–H and O–H groups in total. The molecule has 300 valence electrons. The number of allylic oxidation sites excluding steroid dienone is 11. The molecule has 8 bridgehead atoms.